The molecule has 2 aromatic carbocycles. The minimum absolute atomic E-state index is 0.0639. The molecule has 3 nitrogen and oxygen atoms in total. The van der Waals surface area contributed by atoms with Crippen LogP contribution in [0.1, 0.15) is 16.1 Å². The molecule has 1 aromatic heterocycles. The molecule has 0 amide bonds. The lowest BCUT2D eigenvalue weighted by molar-refractivity contribution is 0.0920. The number of hydrogen-bond acceptors (Lipinski definition) is 2. The van der Waals surface area contributed by atoms with Crippen molar-refractivity contribution in [2.45, 2.75) is 6.92 Å². The van der Waals surface area contributed by atoms with Gasteiger partial charge in [0.1, 0.15) is 0 Å². The topological polar surface area (TPSA) is 42.1 Å². The lowest BCUT2D eigenvalue weighted by Crippen LogP contribution is -2.13. The average molecular weight is 362 g/mol. The summed E-state index contributed by atoms with van der Waals surface area (Å²) in [6.07, 6.45) is 0. The van der Waals surface area contributed by atoms with Gasteiger partial charge in [0.25, 0.3) is 0 Å². The Morgan fingerprint density at radius 2 is 2.05 bits per heavy atom. The summed E-state index contributed by atoms with van der Waals surface area (Å²) in [6.45, 7) is 1.63. The molecule has 0 aliphatic carbocycles. The van der Waals surface area contributed by atoms with E-state index in [0.29, 0.717) is 10.0 Å². The van der Waals surface area contributed by atoms with Gasteiger partial charge in [0.15, 0.2) is 18.2 Å². The monoisotopic (exact) mass is 361 g/mol. The van der Waals surface area contributed by atoms with Crippen molar-refractivity contribution in [3.63, 3.8) is 0 Å². The summed E-state index contributed by atoms with van der Waals surface area (Å²) >= 11 is 3.18. The Bertz CT molecular complexity index is 857. The third-order valence-electron chi connectivity index (χ3n) is 3.43. The van der Waals surface area contributed by atoms with Crippen LogP contribution in [0, 0.1) is 12.7 Å². The van der Waals surface area contributed by atoms with E-state index in [1.165, 1.54) is 12.1 Å². The molecule has 0 saturated carbocycles. The maximum absolute atomic E-state index is 13.7. The van der Waals surface area contributed by atoms with E-state index in [1.54, 1.807) is 6.07 Å². The number of ketones is 1. The highest BCUT2D eigenvalue weighted by atomic mass is 79.9. The predicted molar refractivity (Wildman–Crippen MR) is 87.0 cm³/mol. The van der Waals surface area contributed by atoms with Crippen molar-refractivity contribution in [3.8, 4) is 5.75 Å². The van der Waals surface area contributed by atoms with E-state index in [1.807, 2.05) is 31.2 Å². The fourth-order valence-corrected chi connectivity index (χ4v) is 2.78. The van der Waals surface area contributed by atoms with E-state index >= 15 is 0 Å². The lowest BCUT2D eigenvalue weighted by atomic mass is 10.1. The Hall–Kier alpha value is -2.14. The molecule has 0 radical (unpaired) electrons. The number of para-hydroxylation sites is 1. The van der Waals surface area contributed by atoms with Gasteiger partial charge in [-0.25, -0.2) is 4.39 Å². The summed E-state index contributed by atoms with van der Waals surface area (Å²) < 4.78 is 19.6. The van der Waals surface area contributed by atoms with Gasteiger partial charge in [0, 0.05) is 26.6 Å². The van der Waals surface area contributed by atoms with E-state index in [-0.39, 0.29) is 18.1 Å². The van der Waals surface area contributed by atoms with Crippen molar-refractivity contribution in [2.24, 2.45) is 0 Å². The van der Waals surface area contributed by atoms with E-state index in [0.717, 1.165) is 16.6 Å². The summed E-state index contributed by atoms with van der Waals surface area (Å²) in [7, 11) is 0. The second kappa shape index (κ2) is 5.93. The molecule has 5 heteroatoms. The minimum Gasteiger partial charge on any atom is -0.482 e. The second-order valence-corrected chi connectivity index (χ2v) is 5.87. The number of aromatic amines is 1. The highest BCUT2D eigenvalue weighted by Gasteiger charge is 2.17. The highest BCUT2D eigenvalue weighted by Crippen LogP contribution is 2.24. The van der Waals surface area contributed by atoms with Crippen molar-refractivity contribution < 1.29 is 13.9 Å². The third kappa shape index (κ3) is 2.76. The van der Waals surface area contributed by atoms with Gasteiger partial charge < -0.3 is 9.72 Å². The van der Waals surface area contributed by atoms with Gasteiger partial charge in [0.05, 0.1) is 0 Å². The van der Waals surface area contributed by atoms with Crippen LogP contribution in [0.2, 0.25) is 0 Å². The number of aromatic nitrogens is 1. The van der Waals surface area contributed by atoms with Gasteiger partial charge in [-0.15, -0.1) is 0 Å². The zero-order valence-electron chi connectivity index (χ0n) is 11.8. The Labute approximate surface area is 135 Å². The maximum Gasteiger partial charge on any atom is 0.202 e. The van der Waals surface area contributed by atoms with Crippen molar-refractivity contribution in [1.82, 2.24) is 4.98 Å². The molecule has 0 spiro atoms. The molecule has 0 bridgehead atoms. The van der Waals surface area contributed by atoms with Crippen LogP contribution in [-0.2, 0) is 0 Å². The van der Waals surface area contributed by atoms with Crippen molar-refractivity contribution in [1.29, 1.82) is 0 Å². The number of H-pyrrole nitrogens is 1. The maximum atomic E-state index is 13.7. The van der Waals surface area contributed by atoms with Crippen molar-refractivity contribution in [2.75, 3.05) is 6.61 Å². The number of rotatable bonds is 4. The number of halogens is 2. The first kappa shape index (κ1) is 14.8. The van der Waals surface area contributed by atoms with Crippen molar-refractivity contribution in [3.05, 3.63) is 64.0 Å². The van der Waals surface area contributed by atoms with E-state index in [9.17, 15) is 9.18 Å². The molecule has 0 atom stereocenters. The average Bonchev–Trinajstić information content (AvgIpc) is 2.82. The molecule has 3 rings (SSSR count). The fraction of sp³-hybridized carbons (Fsp3) is 0.118. The number of carbonyl (C=O) groups is 1. The van der Waals surface area contributed by atoms with Gasteiger partial charge in [-0.1, -0.05) is 34.1 Å². The first-order chi connectivity index (χ1) is 10.6. The van der Waals surface area contributed by atoms with Crippen LogP contribution in [0.4, 0.5) is 4.39 Å². The number of Topliss-reactive ketones (excluding diaryl/α,β-unsaturated/α-hetero) is 1. The highest BCUT2D eigenvalue weighted by molar-refractivity contribution is 9.10. The zero-order valence-corrected chi connectivity index (χ0v) is 13.4. The Balaban J connectivity index is 1.83. The van der Waals surface area contributed by atoms with E-state index < -0.39 is 5.82 Å². The van der Waals surface area contributed by atoms with Crippen LogP contribution in [0.25, 0.3) is 10.9 Å². The van der Waals surface area contributed by atoms with E-state index in [2.05, 4.69) is 20.9 Å². The number of carbonyl (C=O) groups excluding carboxylic acids is 1. The molecule has 0 saturated heterocycles. The first-order valence-electron chi connectivity index (χ1n) is 6.74. The van der Waals surface area contributed by atoms with Crippen molar-refractivity contribution >= 4 is 32.6 Å². The number of ether oxygens (including phenoxy) is 1. The first-order valence-corrected chi connectivity index (χ1v) is 7.54. The number of benzene rings is 2. The molecule has 0 fully saturated rings. The largest absolute Gasteiger partial charge is 0.482 e. The van der Waals surface area contributed by atoms with Gasteiger partial charge >= 0.3 is 0 Å². The minimum atomic E-state index is -0.502. The molecule has 3 aromatic rings. The van der Waals surface area contributed by atoms with Gasteiger partial charge in [-0.05, 0) is 31.2 Å². The molecule has 0 aliphatic heterocycles. The molecule has 0 aliphatic rings. The number of hydrogen-bond donors (Lipinski definition) is 1. The second-order valence-electron chi connectivity index (χ2n) is 4.96. The summed E-state index contributed by atoms with van der Waals surface area (Å²) in [5, 5.41) is 0.852. The molecule has 22 heavy (non-hydrogen) atoms. The third-order valence-corrected chi connectivity index (χ3v) is 3.92. The standard InChI is InChI=1S/C17H13BrFNO2/c1-10-17(12-4-2-3-5-14(12)20-10)15(21)9-22-16-7-6-11(18)8-13(16)19/h2-8,20H,9H2,1H3. The SMILES string of the molecule is Cc1[nH]c2ccccc2c1C(=O)COc1ccc(Br)cc1F. The predicted octanol–water partition coefficient (Wildman–Crippen LogP) is 4.64. The molecule has 112 valence electrons. The molecular weight excluding hydrogens is 349 g/mol. The Kier molecular flexibility index (Phi) is 3.98. The summed E-state index contributed by atoms with van der Waals surface area (Å²) in [6, 6.07) is 12.0. The van der Waals surface area contributed by atoms with E-state index in [4.69, 9.17) is 4.74 Å². The van der Waals surface area contributed by atoms with Gasteiger partial charge in [-0.2, -0.15) is 0 Å². The quantitative estimate of drug-likeness (QED) is 0.687. The summed E-state index contributed by atoms with van der Waals surface area (Å²) in [5.41, 5.74) is 2.28. The van der Waals surface area contributed by atoms with Crippen LogP contribution >= 0.6 is 15.9 Å². The molecule has 0 unspecified atom stereocenters. The fourth-order valence-electron chi connectivity index (χ4n) is 2.44. The summed E-state index contributed by atoms with van der Waals surface area (Å²) in [5.74, 6) is -0.621. The van der Waals surface area contributed by atoms with Crippen LogP contribution in [0.5, 0.6) is 5.75 Å². The van der Waals surface area contributed by atoms with Crippen LogP contribution < -0.4 is 4.74 Å². The van der Waals surface area contributed by atoms with Gasteiger partial charge in [-0.3, -0.25) is 4.79 Å². The number of fused-ring (bicyclic) bond motifs is 1. The molecule has 1 N–H and O–H groups in total. The smallest absolute Gasteiger partial charge is 0.202 e. The Morgan fingerprint density at radius 1 is 1.27 bits per heavy atom. The molecule has 1 heterocycles. The number of nitrogens with one attached hydrogen (secondary N) is 1. The normalized spacial score (nSPS) is 10.9. The lowest BCUT2D eigenvalue weighted by Gasteiger charge is -2.07. The van der Waals surface area contributed by atoms with Crippen LogP contribution in [-0.4, -0.2) is 17.4 Å². The molecular formula is C17H13BrFNO2. The van der Waals surface area contributed by atoms with Crippen LogP contribution in [0.15, 0.2) is 46.9 Å². The summed E-state index contributed by atoms with van der Waals surface area (Å²) in [4.78, 5) is 15.6. The van der Waals surface area contributed by atoms with Crippen LogP contribution in [0.3, 0.4) is 0 Å². The Morgan fingerprint density at radius 3 is 2.82 bits per heavy atom. The van der Waals surface area contributed by atoms with Gasteiger partial charge in [0.2, 0.25) is 5.78 Å². The number of aryl methyl sites for hydroxylation is 1. The zero-order chi connectivity index (χ0) is 15.7.